The number of para-hydroxylation sites is 1. The first-order valence-corrected chi connectivity index (χ1v) is 21.8. The van der Waals surface area contributed by atoms with E-state index in [2.05, 4.69) is 44.7 Å². The lowest BCUT2D eigenvalue weighted by atomic mass is 9.78. The van der Waals surface area contributed by atoms with Crippen molar-refractivity contribution in [2.45, 2.75) is 112 Å². The number of phosphoric acid groups is 1. The van der Waals surface area contributed by atoms with Gasteiger partial charge < -0.3 is 4.52 Å². The van der Waals surface area contributed by atoms with Crippen molar-refractivity contribution < 1.29 is 41.2 Å². The molecule has 0 saturated heterocycles. The molecule has 14 heteroatoms. The molecule has 1 aliphatic rings. The lowest BCUT2D eigenvalue weighted by Crippen LogP contribution is -2.36. The second-order valence-electron chi connectivity index (χ2n) is 17.3. The van der Waals surface area contributed by atoms with Crippen LogP contribution in [0.3, 0.4) is 0 Å². The van der Waals surface area contributed by atoms with Gasteiger partial charge in [-0.05, 0) is 117 Å². The van der Waals surface area contributed by atoms with E-state index in [1.165, 1.54) is 28.8 Å². The average Bonchev–Trinajstić information content (AvgIpc) is 3.83. The molecule has 4 aromatic carbocycles. The summed E-state index contributed by atoms with van der Waals surface area (Å²) in [4.78, 5) is 36.0. The first-order valence-electron chi connectivity index (χ1n) is 20.3. The van der Waals surface area contributed by atoms with Crippen LogP contribution in [0.15, 0.2) is 72.9 Å². The number of carbonyl (C=O) groups is 1. The number of aromatic nitrogens is 3. The quantitative estimate of drug-likeness (QED) is 0.0986. The fourth-order valence-corrected chi connectivity index (χ4v) is 9.65. The number of phosphoric ester groups is 1. The average molecular weight is 859 g/mol. The van der Waals surface area contributed by atoms with Crippen LogP contribution in [0, 0.1) is 26.6 Å². The smallest absolute Gasteiger partial charge is 0.404 e. The van der Waals surface area contributed by atoms with Crippen molar-refractivity contribution in [2.24, 2.45) is 0 Å². The van der Waals surface area contributed by atoms with Gasteiger partial charge >= 0.3 is 14.0 Å². The van der Waals surface area contributed by atoms with E-state index >= 15 is 4.39 Å². The molecular formula is C47H51F4N4O5P. The highest BCUT2D eigenvalue weighted by atomic mass is 31.2. The number of fused-ring (bicyclic) bond motifs is 2. The van der Waals surface area contributed by atoms with Crippen LogP contribution in [0.2, 0.25) is 0 Å². The standard InChI is InChI=1S/C47H51F4N4O5P/c1-10-30-13-12-14-31(11-2)41(30)55-42(36-26-53(46(8,9)44(36)52-55)25-32-15-16-33(23-28(32)4)47(49,50)51)34-17-18-37(48)43-35(34)19-20-54(43)39(56)24-45(6,7)40-29(5)21-27(3)22-38(40)60-61(57,58)59/h12-23H,10-11,24-26H2,1-9H3,(H2,57,58,59). The minimum atomic E-state index is -4.95. The zero-order valence-corrected chi connectivity index (χ0v) is 36.7. The zero-order chi connectivity index (χ0) is 44.6. The Morgan fingerprint density at radius 2 is 1.59 bits per heavy atom. The summed E-state index contributed by atoms with van der Waals surface area (Å²) in [5, 5.41) is 5.84. The van der Waals surface area contributed by atoms with E-state index in [9.17, 15) is 32.3 Å². The molecule has 0 unspecified atom stereocenters. The number of halogens is 4. The number of nitrogens with zero attached hydrogens (tertiary/aromatic N) is 4. The van der Waals surface area contributed by atoms with Gasteiger partial charge in [-0.15, -0.1) is 0 Å². The van der Waals surface area contributed by atoms with Gasteiger partial charge in [-0.25, -0.2) is 13.6 Å². The van der Waals surface area contributed by atoms with Crippen LogP contribution in [-0.2, 0) is 47.6 Å². The van der Waals surface area contributed by atoms with Crippen molar-refractivity contribution in [2.75, 3.05) is 0 Å². The van der Waals surface area contributed by atoms with Crippen molar-refractivity contribution in [1.29, 1.82) is 0 Å². The first-order chi connectivity index (χ1) is 28.5. The Hall–Kier alpha value is -5.07. The number of hydrogen-bond donors (Lipinski definition) is 2. The van der Waals surface area contributed by atoms with Gasteiger partial charge in [-0.3, -0.25) is 24.0 Å². The molecule has 0 spiro atoms. The van der Waals surface area contributed by atoms with E-state index in [4.69, 9.17) is 9.62 Å². The second-order valence-corrected chi connectivity index (χ2v) is 18.5. The number of hydrogen-bond acceptors (Lipinski definition) is 5. The van der Waals surface area contributed by atoms with Crippen LogP contribution in [0.1, 0.15) is 109 Å². The Labute approximate surface area is 353 Å². The summed E-state index contributed by atoms with van der Waals surface area (Å²) < 4.78 is 77.4. The van der Waals surface area contributed by atoms with Crippen LogP contribution in [0.25, 0.3) is 27.8 Å². The molecule has 1 aliphatic heterocycles. The number of benzene rings is 4. The number of aryl methyl sites for hydroxylation is 5. The predicted molar refractivity (Wildman–Crippen MR) is 229 cm³/mol. The summed E-state index contributed by atoms with van der Waals surface area (Å²) in [6, 6.07) is 18.1. The van der Waals surface area contributed by atoms with Gasteiger partial charge in [0.05, 0.1) is 33.7 Å². The molecule has 0 atom stereocenters. The summed E-state index contributed by atoms with van der Waals surface area (Å²) in [5.74, 6) is -1.08. The second kappa shape index (κ2) is 15.7. The molecule has 9 nitrogen and oxygen atoms in total. The lowest BCUT2D eigenvalue weighted by molar-refractivity contribution is -0.137. The van der Waals surface area contributed by atoms with E-state index < -0.39 is 42.2 Å². The highest BCUT2D eigenvalue weighted by molar-refractivity contribution is 7.46. The van der Waals surface area contributed by atoms with Crippen molar-refractivity contribution in [3.05, 3.63) is 135 Å². The van der Waals surface area contributed by atoms with E-state index in [1.54, 1.807) is 52.9 Å². The minimum absolute atomic E-state index is 0.0270. The fourth-order valence-electron chi connectivity index (χ4n) is 9.24. The largest absolute Gasteiger partial charge is 0.524 e. The molecule has 61 heavy (non-hydrogen) atoms. The maximum atomic E-state index is 16.3. The highest BCUT2D eigenvalue weighted by Gasteiger charge is 2.44. The van der Waals surface area contributed by atoms with Gasteiger partial charge in [-0.2, -0.15) is 18.3 Å². The van der Waals surface area contributed by atoms with Crippen LogP contribution in [0.5, 0.6) is 5.75 Å². The third-order valence-corrected chi connectivity index (χ3v) is 12.6. The Kier molecular flexibility index (Phi) is 11.3. The molecule has 0 fully saturated rings. The number of carbonyl (C=O) groups excluding carboxylic acids is 1. The number of rotatable bonds is 11. The first kappa shape index (κ1) is 44.0. The molecule has 7 rings (SSSR count). The molecule has 0 bridgehead atoms. The van der Waals surface area contributed by atoms with Crippen molar-refractivity contribution in [1.82, 2.24) is 19.2 Å². The molecule has 0 radical (unpaired) electrons. The fraction of sp³-hybridized carbons (Fsp3) is 0.362. The summed E-state index contributed by atoms with van der Waals surface area (Å²) in [6.07, 6.45) is -1.63. The normalized spacial score (nSPS) is 14.5. The molecule has 0 aliphatic carbocycles. The van der Waals surface area contributed by atoms with E-state index in [0.717, 1.165) is 63.8 Å². The van der Waals surface area contributed by atoms with Crippen LogP contribution in [0.4, 0.5) is 17.6 Å². The van der Waals surface area contributed by atoms with Gasteiger partial charge in [0.2, 0.25) is 5.91 Å². The molecule has 2 N–H and O–H groups in total. The monoisotopic (exact) mass is 858 g/mol. The Balaban J connectivity index is 1.36. The van der Waals surface area contributed by atoms with Crippen molar-refractivity contribution >= 4 is 24.6 Å². The zero-order valence-electron chi connectivity index (χ0n) is 35.8. The predicted octanol–water partition coefficient (Wildman–Crippen LogP) is 11.4. The maximum absolute atomic E-state index is 16.3. The third kappa shape index (κ3) is 8.09. The Morgan fingerprint density at radius 1 is 0.918 bits per heavy atom. The van der Waals surface area contributed by atoms with E-state index in [0.29, 0.717) is 40.7 Å². The molecular weight excluding hydrogens is 808 g/mol. The summed E-state index contributed by atoms with van der Waals surface area (Å²) >= 11 is 0. The highest BCUT2D eigenvalue weighted by Crippen LogP contribution is 2.48. The third-order valence-electron chi connectivity index (χ3n) is 12.2. The van der Waals surface area contributed by atoms with Crippen molar-refractivity contribution in [3.8, 4) is 22.7 Å². The molecule has 6 aromatic rings. The molecule has 2 aromatic heterocycles. The minimum Gasteiger partial charge on any atom is -0.404 e. The summed E-state index contributed by atoms with van der Waals surface area (Å²) in [6.45, 7) is 17.8. The molecule has 322 valence electrons. The number of alkyl halides is 3. The van der Waals surface area contributed by atoms with Gasteiger partial charge in [0, 0.05) is 53.2 Å². The Bertz CT molecular complexity index is 2740. The molecule has 3 heterocycles. The SMILES string of the molecule is CCc1cccc(CC)c1-n1nc2c(c1-c1ccc(F)c3c1ccn3C(=O)CC(C)(C)c1c(C)cc(C)cc1OP(=O)(O)O)CN(Cc1ccc(C(F)(F)F)cc1C)C2(C)C. The van der Waals surface area contributed by atoms with Crippen LogP contribution < -0.4 is 4.52 Å². The Morgan fingerprint density at radius 3 is 2.20 bits per heavy atom. The summed E-state index contributed by atoms with van der Waals surface area (Å²) in [7, 11) is -4.95. The van der Waals surface area contributed by atoms with Gasteiger partial charge in [0.25, 0.3) is 0 Å². The maximum Gasteiger partial charge on any atom is 0.524 e. The summed E-state index contributed by atoms with van der Waals surface area (Å²) in [5.41, 5.74) is 6.96. The van der Waals surface area contributed by atoms with Gasteiger partial charge in [0.15, 0.2) is 0 Å². The van der Waals surface area contributed by atoms with Gasteiger partial charge in [-0.1, -0.05) is 58.0 Å². The lowest BCUT2D eigenvalue weighted by Gasteiger charge is -2.32. The van der Waals surface area contributed by atoms with E-state index in [1.807, 2.05) is 16.8 Å². The van der Waals surface area contributed by atoms with Gasteiger partial charge in [0.1, 0.15) is 11.6 Å². The topological polar surface area (TPSA) is 110 Å². The molecule has 0 saturated carbocycles. The van der Waals surface area contributed by atoms with E-state index in [-0.39, 0.29) is 17.7 Å². The van der Waals surface area contributed by atoms with Crippen LogP contribution >= 0.6 is 7.82 Å². The van der Waals surface area contributed by atoms with Crippen molar-refractivity contribution in [3.63, 3.8) is 0 Å². The molecule has 0 amide bonds. The van der Waals surface area contributed by atoms with Crippen LogP contribution in [-0.4, -0.2) is 34.9 Å².